The Morgan fingerprint density at radius 2 is 1.85 bits per heavy atom. The molecule has 33 heavy (non-hydrogen) atoms. The van der Waals surface area contributed by atoms with Gasteiger partial charge in [-0.25, -0.2) is 0 Å². The molecule has 1 atom stereocenters. The molecule has 2 heterocycles. The number of carbonyl (C=O) groups is 3. The zero-order chi connectivity index (χ0) is 23.2. The zero-order valence-corrected chi connectivity index (χ0v) is 19.2. The van der Waals surface area contributed by atoms with Gasteiger partial charge >= 0.3 is 0 Å². The average molecular weight is 484 g/mol. The van der Waals surface area contributed by atoms with Gasteiger partial charge in [-0.2, -0.15) is 0 Å². The van der Waals surface area contributed by atoms with Crippen molar-refractivity contribution in [1.29, 1.82) is 0 Å². The van der Waals surface area contributed by atoms with E-state index in [9.17, 15) is 14.4 Å². The lowest BCUT2D eigenvalue weighted by molar-refractivity contribution is -0.126. The molecule has 0 unspecified atom stereocenters. The third kappa shape index (κ3) is 6.12. The van der Waals surface area contributed by atoms with Crippen LogP contribution in [0.5, 0.6) is 5.75 Å². The quantitative estimate of drug-likeness (QED) is 0.505. The lowest BCUT2D eigenvalue weighted by atomic mass is 10.1. The van der Waals surface area contributed by atoms with Gasteiger partial charge in [-0.3, -0.25) is 14.4 Å². The molecular weight excluding hydrogens is 462 g/mol. The van der Waals surface area contributed by atoms with Gasteiger partial charge in [0.05, 0.1) is 12.5 Å². The van der Waals surface area contributed by atoms with E-state index in [1.807, 2.05) is 17.5 Å². The van der Waals surface area contributed by atoms with Crippen LogP contribution in [0.25, 0.3) is 0 Å². The highest BCUT2D eigenvalue weighted by Gasteiger charge is 2.35. The highest BCUT2D eigenvalue weighted by atomic mass is 35.5. The minimum atomic E-state index is -0.384. The summed E-state index contributed by atoms with van der Waals surface area (Å²) in [6.45, 7) is 0.648. The smallest absolute Gasteiger partial charge is 0.262 e. The topological polar surface area (TPSA) is 87.7 Å². The van der Waals surface area contributed by atoms with Crippen LogP contribution in [0.1, 0.15) is 11.3 Å². The zero-order valence-electron chi connectivity index (χ0n) is 17.6. The van der Waals surface area contributed by atoms with Crippen LogP contribution in [0.2, 0.25) is 5.02 Å². The first-order valence-corrected chi connectivity index (χ1v) is 11.6. The molecule has 2 N–H and O–H groups in total. The van der Waals surface area contributed by atoms with Crippen LogP contribution < -0.4 is 20.3 Å². The highest BCUT2D eigenvalue weighted by molar-refractivity contribution is 7.09. The van der Waals surface area contributed by atoms with Gasteiger partial charge in [-0.15, -0.1) is 11.3 Å². The molecule has 170 valence electrons. The molecule has 0 aliphatic carbocycles. The number of benzene rings is 2. The van der Waals surface area contributed by atoms with E-state index in [4.69, 9.17) is 16.3 Å². The molecule has 0 spiro atoms. The highest BCUT2D eigenvalue weighted by Crippen LogP contribution is 2.27. The number of carbonyl (C=O) groups excluding carboxylic acids is 3. The number of rotatable bonds is 8. The number of ether oxygens (including phenoxy) is 1. The van der Waals surface area contributed by atoms with Crippen molar-refractivity contribution in [2.45, 2.75) is 13.0 Å². The molecule has 3 amide bonds. The van der Waals surface area contributed by atoms with Gasteiger partial charge < -0.3 is 20.3 Å². The molecule has 9 heteroatoms. The molecule has 0 bridgehead atoms. The summed E-state index contributed by atoms with van der Waals surface area (Å²) in [4.78, 5) is 39.7. The van der Waals surface area contributed by atoms with Gasteiger partial charge in [-0.1, -0.05) is 17.7 Å². The lowest BCUT2D eigenvalue weighted by Gasteiger charge is -2.17. The first-order valence-electron chi connectivity index (χ1n) is 10.4. The number of halogens is 1. The summed E-state index contributed by atoms with van der Waals surface area (Å²) in [6.07, 6.45) is 0.180. The summed E-state index contributed by atoms with van der Waals surface area (Å²) in [5.74, 6) is -0.396. The Bertz CT molecular complexity index is 1120. The first kappa shape index (κ1) is 22.8. The number of nitrogens with zero attached hydrogens (tertiary/aromatic N) is 1. The van der Waals surface area contributed by atoms with Crippen molar-refractivity contribution in [3.63, 3.8) is 0 Å². The third-order valence-electron chi connectivity index (χ3n) is 5.16. The summed E-state index contributed by atoms with van der Waals surface area (Å²) in [7, 11) is 0. The SMILES string of the molecule is O=C(COc1ccc(N2C[C@H](C(=O)NCc3cccs3)CC2=O)cc1)Nc1ccc(Cl)cc1. The molecule has 3 aromatic rings. The minimum Gasteiger partial charge on any atom is -0.484 e. The van der Waals surface area contributed by atoms with Gasteiger partial charge in [0.1, 0.15) is 5.75 Å². The van der Waals surface area contributed by atoms with E-state index in [1.165, 1.54) is 0 Å². The van der Waals surface area contributed by atoms with Gasteiger partial charge in [0.25, 0.3) is 5.91 Å². The second-order valence-electron chi connectivity index (χ2n) is 7.54. The van der Waals surface area contributed by atoms with Crippen LogP contribution >= 0.6 is 22.9 Å². The Kier molecular flexibility index (Phi) is 7.26. The van der Waals surface area contributed by atoms with Crippen LogP contribution in [0, 0.1) is 5.92 Å². The monoisotopic (exact) mass is 483 g/mol. The molecular formula is C24H22ClN3O4S. The van der Waals surface area contributed by atoms with E-state index in [-0.39, 0.29) is 36.7 Å². The molecule has 1 fully saturated rings. The molecule has 1 saturated heterocycles. The molecule has 0 radical (unpaired) electrons. The Balaban J connectivity index is 1.26. The van der Waals surface area contributed by atoms with Crippen LogP contribution in [0.4, 0.5) is 11.4 Å². The van der Waals surface area contributed by atoms with Crippen LogP contribution in [-0.4, -0.2) is 30.9 Å². The van der Waals surface area contributed by atoms with E-state index < -0.39 is 0 Å². The van der Waals surface area contributed by atoms with Crippen molar-refractivity contribution in [3.05, 3.63) is 75.9 Å². The van der Waals surface area contributed by atoms with Gasteiger partial charge in [-0.05, 0) is 60.0 Å². The summed E-state index contributed by atoms with van der Waals surface area (Å²) in [5.41, 5.74) is 1.32. The Labute approximate surface area is 200 Å². The maximum atomic E-state index is 12.5. The maximum Gasteiger partial charge on any atom is 0.262 e. The van der Waals surface area contributed by atoms with E-state index in [1.54, 1.807) is 64.8 Å². The number of anilines is 2. The standard InChI is InChI=1S/C24H22ClN3O4S/c25-17-3-5-18(6-4-17)27-22(29)15-32-20-9-7-19(8-10-20)28-14-16(12-23(28)30)24(31)26-13-21-2-1-11-33-21/h1-11,16H,12-15H2,(H,26,31)(H,27,29)/t16-/m1/s1. The first-order chi connectivity index (χ1) is 16.0. The molecule has 1 aromatic heterocycles. The Morgan fingerprint density at radius 3 is 2.55 bits per heavy atom. The molecule has 0 saturated carbocycles. The largest absolute Gasteiger partial charge is 0.484 e. The minimum absolute atomic E-state index is 0.0951. The van der Waals surface area contributed by atoms with Crippen molar-refractivity contribution >= 4 is 52.0 Å². The predicted molar refractivity (Wildman–Crippen MR) is 129 cm³/mol. The van der Waals surface area contributed by atoms with Crippen LogP contribution in [0.3, 0.4) is 0 Å². The number of hydrogen-bond donors (Lipinski definition) is 2. The fourth-order valence-corrected chi connectivity index (χ4v) is 4.24. The van der Waals surface area contributed by atoms with Crippen molar-refractivity contribution in [2.24, 2.45) is 5.92 Å². The normalized spacial score (nSPS) is 15.4. The van der Waals surface area contributed by atoms with Gasteiger partial charge in [0, 0.05) is 34.2 Å². The molecule has 1 aliphatic rings. The molecule has 2 aromatic carbocycles. The second kappa shape index (κ2) is 10.5. The van der Waals surface area contributed by atoms with Crippen LogP contribution in [0.15, 0.2) is 66.0 Å². The van der Waals surface area contributed by atoms with E-state index in [2.05, 4.69) is 10.6 Å². The number of thiophene rings is 1. The lowest BCUT2D eigenvalue weighted by Crippen LogP contribution is -2.32. The second-order valence-corrected chi connectivity index (χ2v) is 9.01. The van der Waals surface area contributed by atoms with E-state index >= 15 is 0 Å². The van der Waals surface area contributed by atoms with Gasteiger partial charge in [0.15, 0.2) is 6.61 Å². The Hall–Kier alpha value is -3.36. The van der Waals surface area contributed by atoms with Crippen molar-refractivity contribution in [1.82, 2.24) is 5.32 Å². The van der Waals surface area contributed by atoms with E-state index in [0.717, 1.165) is 4.88 Å². The molecule has 7 nitrogen and oxygen atoms in total. The summed E-state index contributed by atoms with van der Waals surface area (Å²) in [6, 6.07) is 17.6. The predicted octanol–water partition coefficient (Wildman–Crippen LogP) is 4.09. The van der Waals surface area contributed by atoms with Gasteiger partial charge in [0.2, 0.25) is 11.8 Å². The van der Waals surface area contributed by atoms with Crippen molar-refractivity contribution in [3.8, 4) is 5.75 Å². The van der Waals surface area contributed by atoms with E-state index in [0.29, 0.717) is 35.2 Å². The number of amides is 3. The summed E-state index contributed by atoms with van der Waals surface area (Å²) in [5, 5.41) is 8.18. The van der Waals surface area contributed by atoms with Crippen molar-refractivity contribution < 1.29 is 19.1 Å². The Morgan fingerprint density at radius 1 is 1.09 bits per heavy atom. The molecule has 1 aliphatic heterocycles. The fraction of sp³-hybridized carbons (Fsp3) is 0.208. The summed E-state index contributed by atoms with van der Waals surface area (Å²) >= 11 is 7.41. The fourth-order valence-electron chi connectivity index (χ4n) is 3.47. The molecule has 4 rings (SSSR count). The van der Waals surface area contributed by atoms with Crippen LogP contribution in [-0.2, 0) is 20.9 Å². The van der Waals surface area contributed by atoms with Crippen molar-refractivity contribution in [2.75, 3.05) is 23.4 Å². The number of nitrogens with one attached hydrogen (secondary N) is 2. The summed E-state index contributed by atoms with van der Waals surface area (Å²) < 4.78 is 5.53. The third-order valence-corrected chi connectivity index (χ3v) is 6.29. The number of hydrogen-bond acceptors (Lipinski definition) is 5. The maximum absolute atomic E-state index is 12.5. The average Bonchev–Trinajstić information content (AvgIpc) is 3.48.